The molecule has 0 spiro atoms. The summed E-state index contributed by atoms with van der Waals surface area (Å²) < 4.78 is 5.37. The van der Waals surface area contributed by atoms with Crippen LogP contribution in [0.3, 0.4) is 0 Å². The Kier molecular flexibility index (Phi) is 5.47. The molecule has 1 aromatic rings. The van der Waals surface area contributed by atoms with E-state index in [1.807, 2.05) is 0 Å². The van der Waals surface area contributed by atoms with Gasteiger partial charge in [0.15, 0.2) is 0 Å². The third-order valence-corrected chi connectivity index (χ3v) is 4.54. The topological polar surface area (TPSA) is 21.3 Å². The van der Waals surface area contributed by atoms with Crippen LogP contribution in [-0.2, 0) is 12.8 Å². The van der Waals surface area contributed by atoms with E-state index in [-0.39, 0.29) is 0 Å². The normalized spacial score (nSPS) is 19.8. The monoisotopic (exact) mass is 275 g/mol. The van der Waals surface area contributed by atoms with Crippen molar-refractivity contribution >= 4 is 0 Å². The molecule has 0 saturated carbocycles. The highest BCUT2D eigenvalue weighted by molar-refractivity contribution is 5.37. The fraction of sp³-hybridized carbons (Fsp3) is 0.667. The highest BCUT2D eigenvalue weighted by Gasteiger charge is 2.28. The van der Waals surface area contributed by atoms with Crippen LogP contribution in [-0.4, -0.2) is 19.7 Å². The second kappa shape index (κ2) is 7.12. The van der Waals surface area contributed by atoms with Gasteiger partial charge >= 0.3 is 0 Å². The molecular formula is C18H29NO. The summed E-state index contributed by atoms with van der Waals surface area (Å²) in [5, 5.41) is 3.77. The lowest BCUT2D eigenvalue weighted by molar-refractivity contribution is 0.259. The highest BCUT2D eigenvalue weighted by Crippen LogP contribution is 2.32. The maximum absolute atomic E-state index is 5.37. The van der Waals surface area contributed by atoms with E-state index in [9.17, 15) is 0 Å². The van der Waals surface area contributed by atoms with Gasteiger partial charge in [-0.1, -0.05) is 26.8 Å². The number of aryl methyl sites for hydroxylation is 1. The maximum Gasteiger partial charge on any atom is 0.119 e. The van der Waals surface area contributed by atoms with Crippen molar-refractivity contribution in [1.29, 1.82) is 0 Å². The van der Waals surface area contributed by atoms with Gasteiger partial charge in [-0.15, -0.1) is 0 Å². The van der Waals surface area contributed by atoms with Crippen LogP contribution in [0.2, 0.25) is 0 Å². The molecule has 20 heavy (non-hydrogen) atoms. The van der Waals surface area contributed by atoms with Gasteiger partial charge in [-0.3, -0.25) is 0 Å². The number of fused-ring (bicyclic) bond motifs is 1. The number of hydrogen-bond donors (Lipinski definition) is 1. The fourth-order valence-electron chi connectivity index (χ4n) is 3.45. The molecule has 0 amide bonds. The molecule has 2 atom stereocenters. The summed E-state index contributed by atoms with van der Waals surface area (Å²) in [7, 11) is 1.75. The van der Waals surface area contributed by atoms with E-state index in [0.717, 1.165) is 18.2 Å². The first-order valence-corrected chi connectivity index (χ1v) is 8.04. The summed E-state index contributed by atoms with van der Waals surface area (Å²) in [6.45, 7) is 8.05. The number of benzene rings is 1. The molecule has 2 unspecified atom stereocenters. The average Bonchev–Trinajstić information content (AvgIpc) is 2.46. The Labute approximate surface area is 123 Å². The molecule has 1 aromatic carbocycles. The molecule has 0 radical (unpaired) electrons. The van der Waals surface area contributed by atoms with Gasteiger partial charge in [-0.05, 0) is 67.3 Å². The lowest BCUT2D eigenvalue weighted by Gasteiger charge is -2.35. The molecule has 0 aromatic heterocycles. The Morgan fingerprint density at radius 2 is 2.10 bits per heavy atom. The van der Waals surface area contributed by atoms with Gasteiger partial charge in [0.2, 0.25) is 0 Å². The highest BCUT2D eigenvalue weighted by atomic mass is 16.5. The minimum absolute atomic E-state index is 0.634. The van der Waals surface area contributed by atoms with Gasteiger partial charge in [0.25, 0.3) is 0 Å². The zero-order valence-corrected chi connectivity index (χ0v) is 13.4. The largest absolute Gasteiger partial charge is 0.497 e. The van der Waals surface area contributed by atoms with E-state index in [0.29, 0.717) is 12.0 Å². The van der Waals surface area contributed by atoms with Crippen LogP contribution in [0.25, 0.3) is 0 Å². The van der Waals surface area contributed by atoms with Gasteiger partial charge in [0, 0.05) is 6.04 Å². The summed E-state index contributed by atoms with van der Waals surface area (Å²) in [5.74, 6) is 2.44. The quantitative estimate of drug-likeness (QED) is 0.852. The van der Waals surface area contributed by atoms with Crippen LogP contribution in [0.1, 0.15) is 44.7 Å². The lowest BCUT2D eigenvalue weighted by Crippen LogP contribution is -2.43. The van der Waals surface area contributed by atoms with Crippen LogP contribution < -0.4 is 10.1 Å². The third kappa shape index (κ3) is 3.54. The minimum Gasteiger partial charge on any atom is -0.497 e. The molecule has 2 heteroatoms. The van der Waals surface area contributed by atoms with Gasteiger partial charge in [0.05, 0.1) is 7.11 Å². The molecule has 112 valence electrons. The molecule has 2 rings (SSSR count). The van der Waals surface area contributed by atoms with Crippen molar-refractivity contribution in [3.63, 3.8) is 0 Å². The SMILES string of the molecule is CCCNC(C(C)C)C1CCc2ccc(OC)cc2C1. The second-order valence-corrected chi connectivity index (χ2v) is 6.36. The van der Waals surface area contributed by atoms with E-state index in [1.165, 1.54) is 36.8 Å². The molecule has 0 fully saturated rings. The second-order valence-electron chi connectivity index (χ2n) is 6.36. The lowest BCUT2D eigenvalue weighted by atomic mass is 9.77. The summed E-state index contributed by atoms with van der Waals surface area (Å²) >= 11 is 0. The Morgan fingerprint density at radius 3 is 2.75 bits per heavy atom. The number of rotatable bonds is 6. The molecule has 1 aliphatic carbocycles. The predicted octanol–water partition coefficient (Wildman–Crippen LogP) is 3.82. The molecule has 2 nitrogen and oxygen atoms in total. The molecular weight excluding hydrogens is 246 g/mol. The van der Waals surface area contributed by atoms with Crippen LogP contribution in [0.15, 0.2) is 18.2 Å². The first-order valence-electron chi connectivity index (χ1n) is 8.04. The number of methoxy groups -OCH3 is 1. The van der Waals surface area contributed by atoms with Gasteiger partial charge < -0.3 is 10.1 Å². The Morgan fingerprint density at radius 1 is 1.30 bits per heavy atom. The number of nitrogens with one attached hydrogen (secondary N) is 1. The van der Waals surface area contributed by atoms with Crippen LogP contribution in [0.4, 0.5) is 0 Å². The van der Waals surface area contributed by atoms with Crippen molar-refractivity contribution in [3.8, 4) is 5.75 Å². The number of hydrogen-bond acceptors (Lipinski definition) is 2. The molecule has 0 aliphatic heterocycles. The zero-order valence-electron chi connectivity index (χ0n) is 13.4. The maximum atomic E-state index is 5.37. The Balaban J connectivity index is 2.11. The summed E-state index contributed by atoms with van der Waals surface area (Å²) in [6, 6.07) is 7.20. The van der Waals surface area contributed by atoms with Gasteiger partial charge in [-0.2, -0.15) is 0 Å². The van der Waals surface area contributed by atoms with Crippen LogP contribution in [0.5, 0.6) is 5.75 Å². The van der Waals surface area contributed by atoms with Crippen LogP contribution >= 0.6 is 0 Å². The molecule has 0 bridgehead atoms. The molecule has 0 saturated heterocycles. The van der Waals surface area contributed by atoms with Crippen LogP contribution in [0, 0.1) is 11.8 Å². The Bertz CT molecular complexity index is 427. The van der Waals surface area contributed by atoms with E-state index in [2.05, 4.69) is 44.3 Å². The van der Waals surface area contributed by atoms with Crippen molar-refractivity contribution < 1.29 is 4.74 Å². The van der Waals surface area contributed by atoms with Crippen molar-refractivity contribution in [2.45, 2.75) is 52.5 Å². The fourth-order valence-corrected chi connectivity index (χ4v) is 3.45. The zero-order chi connectivity index (χ0) is 14.5. The smallest absolute Gasteiger partial charge is 0.119 e. The molecule has 1 N–H and O–H groups in total. The standard InChI is InChI=1S/C18H29NO/c1-5-10-19-18(13(2)3)15-7-6-14-8-9-17(20-4)12-16(14)11-15/h8-9,12-13,15,18-19H,5-7,10-11H2,1-4H3. The van der Waals surface area contributed by atoms with E-state index in [4.69, 9.17) is 4.74 Å². The van der Waals surface area contributed by atoms with Crippen molar-refractivity contribution in [3.05, 3.63) is 29.3 Å². The first kappa shape index (κ1) is 15.4. The Hall–Kier alpha value is -1.02. The summed E-state index contributed by atoms with van der Waals surface area (Å²) in [5.41, 5.74) is 3.00. The van der Waals surface area contributed by atoms with Crippen molar-refractivity contribution in [2.75, 3.05) is 13.7 Å². The first-order chi connectivity index (χ1) is 9.65. The van der Waals surface area contributed by atoms with Gasteiger partial charge in [0.1, 0.15) is 5.75 Å². The van der Waals surface area contributed by atoms with Crippen molar-refractivity contribution in [2.24, 2.45) is 11.8 Å². The summed E-state index contributed by atoms with van der Waals surface area (Å²) in [6.07, 6.45) is 4.91. The third-order valence-electron chi connectivity index (χ3n) is 4.54. The van der Waals surface area contributed by atoms with E-state index >= 15 is 0 Å². The van der Waals surface area contributed by atoms with E-state index in [1.54, 1.807) is 7.11 Å². The molecule has 0 heterocycles. The average molecular weight is 275 g/mol. The van der Waals surface area contributed by atoms with Crippen molar-refractivity contribution in [1.82, 2.24) is 5.32 Å². The minimum atomic E-state index is 0.634. The van der Waals surface area contributed by atoms with E-state index < -0.39 is 0 Å². The van der Waals surface area contributed by atoms with Gasteiger partial charge in [-0.25, -0.2) is 0 Å². The summed E-state index contributed by atoms with van der Waals surface area (Å²) in [4.78, 5) is 0. The number of ether oxygens (including phenoxy) is 1. The predicted molar refractivity (Wildman–Crippen MR) is 85.4 cm³/mol. The molecule has 1 aliphatic rings.